The molecule has 5 heteroatoms. The molecule has 1 amide bonds. The minimum atomic E-state index is -0.279. The molecule has 0 bridgehead atoms. The number of aryl methyl sites for hydroxylation is 1. The lowest BCUT2D eigenvalue weighted by molar-refractivity contribution is -0.118. The maximum absolute atomic E-state index is 11.9. The van der Waals surface area contributed by atoms with Crippen LogP contribution in [0.3, 0.4) is 0 Å². The highest BCUT2D eigenvalue weighted by Gasteiger charge is 2.11. The maximum Gasteiger partial charge on any atom is 0.262 e. The van der Waals surface area contributed by atoms with E-state index in [1.54, 1.807) is 18.2 Å². The number of carbonyl (C=O) groups is 1. The highest BCUT2D eigenvalue weighted by atomic mass is 35.5. The lowest BCUT2D eigenvalue weighted by Gasteiger charge is -2.12. The molecule has 0 aliphatic heterocycles. The molecule has 2 aromatic carbocycles. The van der Waals surface area contributed by atoms with Gasteiger partial charge in [0, 0.05) is 0 Å². The van der Waals surface area contributed by atoms with Gasteiger partial charge in [-0.05, 0) is 30.7 Å². The predicted octanol–water partition coefficient (Wildman–Crippen LogP) is 3.67. The molecule has 0 aliphatic rings. The number of anilines is 1. The van der Waals surface area contributed by atoms with E-state index in [1.165, 1.54) is 7.11 Å². The third-order valence-corrected chi connectivity index (χ3v) is 3.20. The molecule has 0 aromatic heterocycles. The van der Waals surface area contributed by atoms with Crippen LogP contribution in [0, 0.1) is 6.92 Å². The van der Waals surface area contributed by atoms with Crippen molar-refractivity contribution in [2.24, 2.45) is 0 Å². The quantitative estimate of drug-likeness (QED) is 0.916. The number of hydrogen-bond donors (Lipinski definition) is 1. The molecule has 1 N–H and O–H groups in total. The molecular formula is C16H16ClNO3. The molecule has 0 heterocycles. The molecule has 110 valence electrons. The number of amides is 1. The van der Waals surface area contributed by atoms with Crippen LogP contribution in [-0.4, -0.2) is 19.6 Å². The zero-order valence-electron chi connectivity index (χ0n) is 11.9. The van der Waals surface area contributed by atoms with Crippen molar-refractivity contribution >= 4 is 23.2 Å². The van der Waals surface area contributed by atoms with Crippen molar-refractivity contribution in [1.29, 1.82) is 0 Å². The van der Waals surface area contributed by atoms with E-state index >= 15 is 0 Å². The summed E-state index contributed by atoms with van der Waals surface area (Å²) in [6, 6.07) is 12.7. The van der Waals surface area contributed by atoms with Gasteiger partial charge < -0.3 is 14.8 Å². The van der Waals surface area contributed by atoms with Crippen molar-refractivity contribution in [3.05, 3.63) is 53.1 Å². The Morgan fingerprint density at radius 2 is 1.95 bits per heavy atom. The summed E-state index contributed by atoms with van der Waals surface area (Å²) in [6.07, 6.45) is 0. The van der Waals surface area contributed by atoms with Gasteiger partial charge in [0.15, 0.2) is 12.4 Å². The standard InChI is InChI=1S/C16H16ClNO3/c1-11-6-3-4-9-14(11)21-10-15(19)18-13-8-5-7-12(17)16(13)20-2/h3-9H,10H2,1-2H3,(H,18,19). The van der Waals surface area contributed by atoms with Crippen LogP contribution in [0.15, 0.2) is 42.5 Å². The van der Waals surface area contributed by atoms with Crippen molar-refractivity contribution in [2.45, 2.75) is 6.92 Å². The van der Waals surface area contributed by atoms with Crippen LogP contribution in [0.25, 0.3) is 0 Å². The third kappa shape index (κ3) is 3.89. The molecule has 0 radical (unpaired) electrons. The van der Waals surface area contributed by atoms with Gasteiger partial charge in [0.2, 0.25) is 0 Å². The third-order valence-electron chi connectivity index (χ3n) is 2.90. The van der Waals surface area contributed by atoms with Crippen LogP contribution in [0.4, 0.5) is 5.69 Å². The predicted molar refractivity (Wildman–Crippen MR) is 83.3 cm³/mol. The number of nitrogens with one attached hydrogen (secondary N) is 1. The number of halogens is 1. The number of para-hydroxylation sites is 2. The van der Waals surface area contributed by atoms with Crippen molar-refractivity contribution in [2.75, 3.05) is 19.0 Å². The second-order valence-corrected chi connectivity index (χ2v) is 4.83. The van der Waals surface area contributed by atoms with Gasteiger partial charge in [0.05, 0.1) is 17.8 Å². The average Bonchev–Trinajstić information content (AvgIpc) is 2.47. The molecule has 0 fully saturated rings. The van der Waals surface area contributed by atoms with E-state index in [9.17, 15) is 4.79 Å². The highest BCUT2D eigenvalue weighted by molar-refractivity contribution is 6.32. The number of rotatable bonds is 5. The molecule has 2 aromatic rings. The Hall–Kier alpha value is -2.20. The van der Waals surface area contributed by atoms with Gasteiger partial charge in [-0.15, -0.1) is 0 Å². The van der Waals surface area contributed by atoms with Crippen molar-refractivity contribution in [3.63, 3.8) is 0 Å². The van der Waals surface area contributed by atoms with Crippen molar-refractivity contribution in [3.8, 4) is 11.5 Å². The van der Waals surface area contributed by atoms with Gasteiger partial charge in [-0.1, -0.05) is 35.9 Å². The topological polar surface area (TPSA) is 47.6 Å². The zero-order chi connectivity index (χ0) is 15.2. The molecule has 0 saturated carbocycles. The highest BCUT2D eigenvalue weighted by Crippen LogP contribution is 2.32. The zero-order valence-corrected chi connectivity index (χ0v) is 12.6. The Bertz CT molecular complexity index is 643. The van der Waals surface area contributed by atoms with Crippen LogP contribution >= 0.6 is 11.6 Å². The largest absolute Gasteiger partial charge is 0.493 e. The van der Waals surface area contributed by atoms with E-state index in [1.807, 2.05) is 31.2 Å². The van der Waals surface area contributed by atoms with Crippen LogP contribution in [-0.2, 0) is 4.79 Å². The van der Waals surface area contributed by atoms with Crippen molar-refractivity contribution in [1.82, 2.24) is 0 Å². The van der Waals surface area contributed by atoms with Gasteiger partial charge >= 0.3 is 0 Å². The number of methoxy groups -OCH3 is 1. The van der Waals surface area contributed by atoms with Crippen LogP contribution in [0.5, 0.6) is 11.5 Å². The van der Waals surface area contributed by atoms with Crippen LogP contribution < -0.4 is 14.8 Å². The summed E-state index contributed by atoms with van der Waals surface area (Å²) in [5, 5.41) is 3.16. The molecule has 0 spiro atoms. The normalized spacial score (nSPS) is 10.0. The Morgan fingerprint density at radius 1 is 1.19 bits per heavy atom. The fourth-order valence-electron chi connectivity index (χ4n) is 1.86. The smallest absolute Gasteiger partial charge is 0.262 e. The Labute approximate surface area is 128 Å². The van der Waals surface area contributed by atoms with Crippen LogP contribution in [0.1, 0.15) is 5.56 Å². The number of carbonyl (C=O) groups excluding carboxylic acids is 1. The van der Waals surface area contributed by atoms with E-state index in [4.69, 9.17) is 21.1 Å². The number of hydrogen-bond acceptors (Lipinski definition) is 3. The first-order chi connectivity index (χ1) is 10.1. The molecule has 4 nitrogen and oxygen atoms in total. The van der Waals surface area contributed by atoms with E-state index in [0.717, 1.165) is 5.56 Å². The van der Waals surface area contributed by atoms with E-state index in [0.29, 0.717) is 22.2 Å². The molecule has 0 saturated heterocycles. The Balaban J connectivity index is 2.00. The lowest BCUT2D eigenvalue weighted by Crippen LogP contribution is -2.20. The number of ether oxygens (including phenoxy) is 2. The summed E-state index contributed by atoms with van der Waals surface area (Å²) < 4.78 is 10.7. The van der Waals surface area contributed by atoms with E-state index < -0.39 is 0 Å². The van der Waals surface area contributed by atoms with Gasteiger partial charge in [0.1, 0.15) is 5.75 Å². The first-order valence-corrected chi connectivity index (χ1v) is 6.80. The summed E-state index contributed by atoms with van der Waals surface area (Å²) in [7, 11) is 1.50. The molecule has 21 heavy (non-hydrogen) atoms. The minimum absolute atomic E-state index is 0.0828. The van der Waals surface area contributed by atoms with Crippen LogP contribution in [0.2, 0.25) is 5.02 Å². The second-order valence-electron chi connectivity index (χ2n) is 4.42. The van der Waals surface area contributed by atoms with E-state index in [-0.39, 0.29) is 12.5 Å². The Kier molecular flexibility index (Phi) is 5.06. The maximum atomic E-state index is 11.9. The molecule has 2 rings (SSSR count). The first kappa shape index (κ1) is 15.2. The summed E-state index contributed by atoms with van der Waals surface area (Å²) in [5.41, 5.74) is 1.49. The molecule has 0 unspecified atom stereocenters. The number of benzene rings is 2. The molecular weight excluding hydrogens is 290 g/mol. The summed E-state index contributed by atoms with van der Waals surface area (Å²) >= 11 is 6.00. The lowest BCUT2D eigenvalue weighted by atomic mass is 10.2. The van der Waals surface area contributed by atoms with E-state index in [2.05, 4.69) is 5.32 Å². The van der Waals surface area contributed by atoms with Gasteiger partial charge in [-0.2, -0.15) is 0 Å². The van der Waals surface area contributed by atoms with Crippen molar-refractivity contribution < 1.29 is 14.3 Å². The molecule has 0 aliphatic carbocycles. The SMILES string of the molecule is COc1c(Cl)cccc1NC(=O)COc1ccccc1C. The summed E-state index contributed by atoms with van der Waals surface area (Å²) in [6.45, 7) is 1.84. The average molecular weight is 306 g/mol. The van der Waals surface area contributed by atoms with Gasteiger partial charge in [-0.25, -0.2) is 0 Å². The fraction of sp³-hybridized carbons (Fsp3) is 0.188. The summed E-state index contributed by atoms with van der Waals surface area (Å²) in [4.78, 5) is 11.9. The molecule has 0 atom stereocenters. The van der Waals surface area contributed by atoms with Gasteiger partial charge in [0.25, 0.3) is 5.91 Å². The summed E-state index contributed by atoms with van der Waals surface area (Å²) in [5.74, 6) is 0.841. The monoisotopic (exact) mass is 305 g/mol. The fourth-order valence-corrected chi connectivity index (χ4v) is 2.11. The minimum Gasteiger partial charge on any atom is -0.493 e. The second kappa shape index (κ2) is 6.99. The van der Waals surface area contributed by atoms with Gasteiger partial charge in [-0.3, -0.25) is 4.79 Å². The first-order valence-electron chi connectivity index (χ1n) is 6.42. The Morgan fingerprint density at radius 3 is 2.67 bits per heavy atom.